The molecule has 0 atom stereocenters. The van der Waals surface area contributed by atoms with E-state index >= 15 is 0 Å². The Bertz CT molecular complexity index is 1190. The molecule has 0 radical (unpaired) electrons. The molecule has 1 saturated heterocycles. The fourth-order valence-electron chi connectivity index (χ4n) is 3.87. The number of benzene rings is 1. The van der Waals surface area contributed by atoms with Crippen LogP contribution in [0.4, 0.5) is 18.9 Å². The van der Waals surface area contributed by atoms with Gasteiger partial charge in [-0.15, -0.1) is 0 Å². The van der Waals surface area contributed by atoms with Gasteiger partial charge in [0, 0.05) is 48.8 Å². The quantitative estimate of drug-likeness (QED) is 0.539. The second-order valence-corrected chi connectivity index (χ2v) is 7.25. The van der Waals surface area contributed by atoms with Crippen LogP contribution in [-0.2, 0) is 6.18 Å². The zero-order valence-corrected chi connectivity index (χ0v) is 15.6. The van der Waals surface area contributed by atoms with Gasteiger partial charge in [0.15, 0.2) is 5.69 Å². The SMILES string of the molecule is CN1CCN(c2cc(-c3c[nH]nc3C(F)(F)F)nc3ccc4[nH]ncc4c23)CC1. The van der Waals surface area contributed by atoms with E-state index < -0.39 is 11.9 Å². The molecule has 150 valence electrons. The van der Waals surface area contributed by atoms with Crippen molar-refractivity contribution in [3.8, 4) is 11.3 Å². The Morgan fingerprint density at radius 1 is 1.10 bits per heavy atom. The van der Waals surface area contributed by atoms with Crippen molar-refractivity contribution in [1.29, 1.82) is 0 Å². The average Bonchev–Trinajstić information content (AvgIpc) is 3.36. The standard InChI is InChI=1S/C19H18F3N7/c1-28-4-6-29(7-5-28)16-8-15(12-10-24-27-18(12)19(20,21)22)25-14-3-2-13-11(17(14)16)9-23-26-13/h2-3,8-10H,4-7H2,1H3,(H,23,26)(H,24,27). The number of halogens is 3. The minimum absolute atomic E-state index is 0.0536. The number of anilines is 1. The molecule has 0 bridgehead atoms. The molecule has 1 aliphatic rings. The maximum atomic E-state index is 13.4. The first-order chi connectivity index (χ1) is 13.9. The zero-order chi connectivity index (χ0) is 20.2. The maximum Gasteiger partial charge on any atom is 0.435 e. The first kappa shape index (κ1) is 17.9. The lowest BCUT2D eigenvalue weighted by Crippen LogP contribution is -2.44. The summed E-state index contributed by atoms with van der Waals surface area (Å²) in [4.78, 5) is 8.98. The molecule has 7 nitrogen and oxygen atoms in total. The van der Waals surface area contributed by atoms with Crippen LogP contribution in [0.15, 0.2) is 30.6 Å². The van der Waals surface area contributed by atoms with E-state index in [1.54, 1.807) is 12.3 Å². The van der Waals surface area contributed by atoms with Crippen LogP contribution in [0, 0.1) is 0 Å². The molecule has 1 fully saturated rings. The van der Waals surface area contributed by atoms with Crippen molar-refractivity contribution in [3.05, 3.63) is 36.3 Å². The molecule has 0 spiro atoms. The van der Waals surface area contributed by atoms with Crippen molar-refractivity contribution >= 4 is 27.5 Å². The van der Waals surface area contributed by atoms with Gasteiger partial charge in [-0.05, 0) is 25.2 Å². The minimum atomic E-state index is -4.56. The monoisotopic (exact) mass is 401 g/mol. The molecule has 5 rings (SSSR count). The van der Waals surface area contributed by atoms with Crippen LogP contribution in [0.1, 0.15) is 5.69 Å². The van der Waals surface area contributed by atoms with Crippen LogP contribution in [-0.4, -0.2) is 63.5 Å². The predicted molar refractivity (Wildman–Crippen MR) is 104 cm³/mol. The first-order valence-corrected chi connectivity index (χ1v) is 9.23. The van der Waals surface area contributed by atoms with E-state index in [0.29, 0.717) is 5.52 Å². The Morgan fingerprint density at radius 3 is 2.66 bits per heavy atom. The van der Waals surface area contributed by atoms with Crippen molar-refractivity contribution in [3.63, 3.8) is 0 Å². The van der Waals surface area contributed by atoms with E-state index in [0.717, 1.165) is 48.2 Å². The van der Waals surface area contributed by atoms with Crippen molar-refractivity contribution in [1.82, 2.24) is 30.3 Å². The van der Waals surface area contributed by atoms with Crippen molar-refractivity contribution in [2.45, 2.75) is 6.18 Å². The van der Waals surface area contributed by atoms with E-state index in [-0.39, 0.29) is 11.3 Å². The number of fused-ring (bicyclic) bond motifs is 3. The number of nitrogens with zero attached hydrogens (tertiary/aromatic N) is 5. The molecular weight excluding hydrogens is 383 g/mol. The largest absolute Gasteiger partial charge is 0.435 e. The minimum Gasteiger partial charge on any atom is -0.368 e. The Balaban J connectivity index is 1.76. The number of pyridine rings is 1. The van der Waals surface area contributed by atoms with Gasteiger partial charge in [0.25, 0.3) is 0 Å². The second kappa shape index (κ2) is 6.45. The number of likely N-dealkylation sites (N-methyl/N-ethyl adjacent to an activating group) is 1. The molecule has 29 heavy (non-hydrogen) atoms. The van der Waals surface area contributed by atoms with Crippen molar-refractivity contribution in [2.24, 2.45) is 0 Å². The highest BCUT2D eigenvalue weighted by Crippen LogP contribution is 2.39. The molecule has 3 aromatic heterocycles. The van der Waals surface area contributed by atoms with Gasteiger partial charge in [0.2, 0.25) is 0 Å². The topological polar surface area (TPSA) is 76.7 Å². The average molecular weight is 401 g/mol. The summed E-state index contributed by atoms with van der Waals surface area (Å²) < 4.78 is 40.2. The van der Waals surface area contributed by atoms with Crippen molar-refractivity contribution < 1.29 is 13.2 Å². The molecule has 0 unspecified atom stereocenters. The molecule has 4 heterocycles. The lowest BCUT2D eigenvalue weighted by molar-refractivity contribution is -0.140. The number of rotatable bonds is 2. The van der Waals surface area contributed by atoms with Crippen LogP contribution in [0.25, 0.3) is 33.1 Å². The highest BCUT2D eigenvalue weighted by molar-refractivity contribution is 6.12. The van der Waals surface area contributed by atoms with Gasteiger partial charge in [-0.2, -0.15) is 23.4 Å². The number of H-pyrrole nitrogens is 2. The van der Waals surface area contributed by atoms with E-state index in [1.807, 2.05) is 12.1 Å². The Morgan fingerprint density at radius 2 is 1.90 bits per heavy atom. The predicted octanol–water partition coefficient (Wildman–Crippen LogP) is 3.27. The number of aromatic nitrogens is 5. The third-order valence-corrected chi connectivity index (χ3v) is 5.40. The lowest BCUT2D eigenvalue weighted by atomic mass is 10.0. The Kier molecular flexibility index (Phi) is 3.98. The molecule has 1 aliphatic heterocycles. The first-order valence-electron chi connectivity index (χ1n) is 9.23. The number of aromatic amines is 2. The molecule has 1 aromatic carbocycles. The highest BCUT2D eigenvalue weighted by Gasteiger charge is 2.37. The van der Waals surface area contributed by atoms with Crippen LogP contribution in [0.5, 0.6) is 0 Å². The fraction of sp³-hybridized carbons (Fsp3) is 0.316. The second-order valence-electron chi connectivity index (χ2n) is 7.25. The molecule has 0 aliphatic carbocycles. The van der Waals surface area contributed by atoms with E-state index in [4.69, 9.17) is 0 Å². The third-order valence-electron chi connectivity index (χ3n) is 5.40. The van der Waals surface area contributed by atoms with E-state index in [2.05, 4.69) is 42.2 Å². The molecule has 4 aromatic rings. The van der Waals surface area contributed by atoms with Gasteiger partial charge in [-0.1, -0.05) is 0 Å². The Labute approximate surface area is 163 Å². The summed E-state index contributed by atoms with van der Waals surface area (Å²) in [5, 5.41) is 14.6. The molecular formula is C19H18F3N7. The van der Waals surface area contributed by atoms with Gasteiger partial charge in [-0.3, -0.25) is 10.2 Å². The zero-order valence-electron chi connectivity index (χ0n) is 15.6. The van der Waals surface area contributed by atoms with Gasteiger partial charge in [0.1, 0.15) is 0 Å². The molecule has 0 amide bonds. The molecule has 0 saturated carbocycles. The maximum absolute atomic E-state index is 13.4. The number of alkyl halides is 3. The summed E-state index contributed by atoms with van der Waals surface area (Å²) in [5.41, 5.74) is 1.58. The highest BCUT2D eigenvalue weighted by atomic mass is 19.4. The van der Waals surface area contributed by atoms with Gasteiger partial charge in [0.05, 0.1) is 28.5 Å². The molecule has 10 heteroatoms. The van der Waals surface area contributed by atoms with Crippen LogP contribution in [0.2, 0.25) is 0 Å². The summed E-state index contributed by atoms with van der Waals surface area (Å²) in [5.74, 6) is 0. The normalized spacial score (nSPS) is 16.2. The van der Waals surface area contributed by atoms with Crippen molar-refractivity contribution in [2.75, 3.05) is 38.1 Å². The summed E-state index contributed by atoms with van der Waals surface area (Å²) in [6.45, 7) is 3.31. The fourth-order valence-corrected chi connectivity index (χ4v) is 3.87. The number of hydrogen-bond acceptors (Lipinski definition) is 5. The van der Waals surface area contributed by atoms with Crippen LogP contribution in [0.3, 0.4) is 0 Å². The number of nitrogens with one attached hydrogen (secondary N) is 2. The summed E-state index contributed by atoms with van der Waals surface area (Å²) >= 11 is 0. The van der Waals surface area contributed by atoms with E-state index in [1.165, 1.54) is 6.20 Å². The summed E-state index contributed by atoms with van der Waals surface area (Å²) in [7, 11) is 2.06. The van der Waals surface area contributed by atoms with E-state index in [9.17, 15) is 13.2 Å². The number of piperazine rings is 1. The smallest absolute Gasteiger partial charge is 0.368 e. The Hall–Kier alpha value is -3.14. The summed E-state index contributed by atoms with van der Waals surface area (Å²) in [6, 6.07) is 5.39. The number of hydrogen-bond donors (Lipinski definition) is 2. The van der Waals surface area contributed by atoms with Gasteiger partial charge in [-0.25, -0.2) is 4.98 Å². The van der Waals surface area contributed by atoms with Gasteiger partial charge < -0.3 is 9.80 Å². The van der Waals surface area contributed by atoms with Crippen LogP contribution < -0.4 is 4.90 Å². The third kappa shape index (κ3) is 3.00. The lowest BCUT2D eigenvalue weighted by Gasteiger charge is -2.35. The van der Waals surface area contributed by atoms with Gasteiger partial charge >= 0.3 is 6.18 Å². The van der Waals surface area contributed by atoms with Crippen LogP contribution >= 0.6 is 0 Å². The molecule has 2 N–H and O–H groups in total. The summed E-state index contributed by atoms with van der Waals surface area (Å²) in [6.07, 6.45) is -1.58.